The molecule has 11 nitrogen and oxygen atoms in total. The van der Waals surface area contributed by atoms with Crippen LogP contribution in [0.5, 0.6) is 0 Å². The molecule has 2 heterocycles. The molecule has 0 aromatic heterocycles. The molecule has 2 fully saturated rings. The van der Waals surface area contributed by atoms with Crippen LogP contribution in [0.3, 0.4) is 0 Å². The number of rotatable bonds is 8. The molecule has 1 aromatic rings. The van der Waals surface area contributed by atoms with Gasteiger partial charge in [0.2, 0.25) is 0 Å². The Morgan fingerprint density at radius 3 is 2.39 bits per heavy atom. The van der Waals surface area contributed by atoms with Crippen molar-refractivity contribution < 1.29 is 52.2 Å². The van der Waals surface area contributed by atoms with Crippen molar-refractivity contribution in [1.29, 1.82) is 0 Å². The maximum atomic E-state index is 11.2. The molecule has 1 unspecified atom stereocenters. The molecule has 176 valence electrons. The zero-order valence-electron chi connectivity index (χ0n) is 16.3. The summed E-state index contributed by atoms with van der Waals surface area (Å²) in [6, 6.07) is 8.94. The molecule has 13 heteroatoms. The summed E-state index contributed by atoms with van der Waals surface area (Å²) in [5, 5.41) is 50.7. The molecule has 0 spiro atoms. The minimum absolute atomic E-state index is 0.0315. The van der Waals surface area contributed by atoms with Gasteiger partial charge in [0.15, 0.2) is 0 Å². The van der Waals surface area contributed by atoms with Crippen LogP contribution in [0.1, 0.15) is 5.56 Å². The summed E-state index contributed by atoms with van der Waals surface area (Å²) in [7, 11) is -5.24. The fourth-order valence-electron chi connectivity index (χ4n) is 3.69. The van der Waals surface area contributed by atoms with Crippen LogP contribution in [0.25, 0.3) is 0 Å². The van der Waals surface area contributed by atoms with Crippen molar-refractivity contribution in [2.45, 2.75) is 65.0 Å². The molecule has 31 heavy (non-hydrogen) atoms. The Balaban J connectivity index is 1.77. The number of aliphatic hydroxyl groups is 5. The Bertz CT molecular complexity index is 810. The number of hydrogen-bond acceptors (Lipinski definition) is 11. The van der Waals surface area contributed by atoms with E-state index in [9.17, 15) is 38.5 Å². The second kappa shape index (κ2) is 10.5. The van der Waals surface area contributed by atoms with Gasteiger partial charge < -0.3 is 0 Å². The molecule has 2 aliphatic rings. The Hall–Kier alpha value is -0.671. The summed E-state index contributed by atoms with van der Waals surface area (Å²) in [6.45, 7) is -0.357. The van der Waals surface area contributed by atoms with Crippen molar-refractivity contribution in [3.63, 3.8) is 0 Å². The summed E-state index contributed by atoms with van der Waals surface area (Å²) < 4.78 is 49.3. The quantitative estimate of drug-likeness (QED) is 0.144. The van der Waals surface area contributed by atoms with Crippen LogP contribution < -0.4 is 0 Å². The number of ether oxygens (including phenoxy) is 2. The molecule has 0 bridgehead atoms. The van der Waals surface area contributed by atoms with Crippen molar-refractivity contribution in [2.75, 3.05) is 6.61 Å². The van der Waals surface area contributed by atoms with Gasteiger partial charge in [-0.05, 0) is 0 Å². The van der Waals surface area contributed by atoms with Gasteiger partial charge in [0, 0.05) is 0 Å². The predicted octanol–water partition coefficient (Wildman–Crippen LogP) is -1.91. The average molecular weight is 529 g/mol. The zero-order chi connectivity index (χ0) is 22.8. The third kappa shape index (κ3) is 6.22. The van der Waals surface area contributed by atoms with E-state index >= 15 is 0 Å². The van der Waals surface area contributed by atoms with Crippen LogP contribution in [-0.2, 0) is 30.7 Å². The summed E-state index contributed by atoms with van der Waals surface area (Å²) in [5.41, 5.74) is 0.765. The summed E-state index contributed by atoms with van der Waals surface area (Å²) in [4.78, 5) is -0.601. The molecule has 0 saturated carbocycles. The van der Waals surface area contributed by atoms with E-state index in [0.717, 1.165) is 5.56 Å². The van der Waals surface area contributed by atoms with E-state index in [1.165, 1.54) is 0 Å². The van der Waals surface area contributed by atoms with Crippen molar-refractivity contribution in [3.8, 4) is 0 Å². The molecule has 0 amide bonds. The van der Waals surface area contributed by atoms with Gasteiger partial charge in [0.1, 0.15) is 0 Å². The Morgan fingerprint density at radius 1 is 1.10 bits per heavy atom. The normalized spacial score (nSPS) is 39.0. The molecule has 1 aromatic carbocycles. The fourth-order valence-corrected chi connectivity index (χ4v) is 9.95. The third-order valence-electron chi connectivity index (χ3n) is 5.27. The molecule has 2 saturated heterocycles. The first-order valence-electron chi connectivity index (χ1n) is 9.55. The van der Waals surface area contributed by atoms with Gasteiger partial charge >= 0.3 is 184 Å². The predicted molar refractivity (Wildman–Crippen MR) is 105 cm³/mol. The van der Waals surface area contributed by atoms with Gasteiger partial charge in [-0.2, -0.15) is 0 Å². The molecule has 2 aliphatic heterocycles. The summed E-state index contributed by atoms with van der Waals surface area (Å²) in [6.07, 6.45) is -9.91. The van der Waals surface area contributed by atoms with Crippen LogP contribution in [-0.4, -0.2) is 102 Å². The third-order valence-corrected chi connectivity index (χ3v) is 11.6. The maximum absolute atomic E-state index is 11.2. The van der Waals surface area contributed by atoms with E-state index in [-0.39, 0.29) is 23.9 Å². The second-order valence-corrected chi connectivity index (χ2v) is 13.4. The summed E-state index contributed by atoms with van der Waals surface area (Å²) in [5.74, 6) is 0. The standard InChI is InChI=1S/C18H26O11SSe/c19-6-13-14(21)11(20)8-31(13)9-12-17(29-30(24,25)26)15(22)16(23)18(28-12)27-7-10-4-2-1-3-5-10/h1-5,11-23H,6-9H2/t11-,12-,13-,14+,15-,16-,17+,18-,31?/m1/s1. The van der Waals surface area contributed by atoms with Gasteiger partial charge in [-0.15, -0.1) is 0 Å². The molecular formula is C18H26O11SSe. The Morgan fingerprint density at radius 2 is 1.77 bits per heavy atom. The van der Waals surface area contributed by atoms with Gasteiger partial charge in [0.25, 0.3) is 0 Å². The number of aliphatic hydroxyl groups excluding tert-OH is 5. The molecule has 9 atom stereocenters. The first-order chi connectivity index (χ1) is 14.6. The Kier molecular flexibility index (Phi) is 8.46. The summed E-state index contributed by atoms with van der Waals surface area (Å²) >= 11 is -1.98. The van der Waals surface area contributed by atoms with Crippen molar-refractivity contribution in [2.24, 2.45) is 0 Å². The van der Waals surface area contributed by atoms with Crippen LogP contribution in [0.2, 0.25) is 15.5 Å². The van der Waals surface area contributed by atoms with Gasteiger partial charge in [-0.25, -0.2) is 0 Å². The molecule has 5 N–H and O–H groups in total. The van der Waals surface area contributed by atoms with Crippen LogP contribution in [0, 0.1) is 0 Å². The SMILES string of the molecule is O=S(=O)([O-])O[C@@H]1[C@H](O)[C@@H](O)[C@H](OCc2ccccc2)O[C@@H]1C[Se+]1C[C@@H](O)[C@H](O)[C@H]1CO. The molecular weight excluding hydrogens is 503 g/mol. The molecule has 3 rings (SSSR count). The van der Waals surface area contributed by atoms with E-state index in [2.05, 4.69) is 4.18 Å². The zero-order valence-corrected chi connectivity index (χ0v) is 18.9. The first kappa shape index (κ1) is 25.0. The molecule has 0 radical (unpaired) electrons. The molecule has 0 aliphatic carbocycles. The number of hydrogen-bond donors (Lipinski definition) is 5. The second-order valence-electron chi connectivity index (χ2n) is 7.44. The topological polar surface area (TPSA) is 186 Å². The van der Waals surface area contributed by atoms with Gasteiger partial charge in [0.05, 0.1) is 0 Å². The van der Waals surface area contributed by atoms with Gasteiger partial charge in [-0.1, -0.05) is 0 Å². The fraction of sp³-hybridized carbons (Fsp3) is 0.667. The van der Waals surface area contributed by atoms with Crippen LogP contribution >= 0.6 is 0 Å². The first-order valence-corrected chi connectivity index (χ1v) is 14.3. The van der Waals surface area contributed by atoms with Crippen molar-refractivity contribution in [3.05, 3.63) is 35.9 Å². The Labute approximate surface area is 184 Å². The van der Waals surface area contributed by atoms with Crippen molar-refractivity contribution >= 4 is 24.3 Å². The number of benzene rings is 1. The van der Waals surface area contributed by atoms with E-state index in [4.69, 9.17) is 9.47 Å². The van der Waals surface area contributed by atoms with E-state index < -0.39 is 72.0 Å². The van der Waals surface area contributed by atoms with E-state index in [1.807, 2.05) is 6.07 Å². The van der Waals surface area contributed by atoms with E-state index in [0.29, 0.717) is 0 Å². The van der Waals surface area contributed by atoms with Gasteiger partial charge in [-0.3, -0.25) is 0 Å². The monoisotopic (exact) mass is 530 g/mol. The van der Waals surface area contributed by atoms with Crippen LogP contribution in [0.4, 0.5) is 0 Å². The average Bonchev–Trinajstić information content (AvgIpc) is 2.99. The minimum atomic E-state index is -5.24. The van der Waals surface area contributed by atoms with E-state index in [1.54, 1.807) is 24.3 Å². The van der Waals surface area contributed by atoms with Crippen molar-refractivity contribution in [1.82, 2.24) is 0 Å². The van der Waals surface area contributed by atoms with Crippen LogP contribution in [0.15, 0.2) is 30.3 Å².